The zero-order valence-electron chi connectivity index (χ0n) is 57.2. The minimum atomic E-state index is -1.91. The Morgan fingerprint density at radius 2 is 1.65 bits per heavy atom. The molecule has 5 amide bonds. The van der Waals surface area contributed by atoms with Crippen LogP contribution >= 0.6 is 11.6 Å². The van der Waals surface area contributed by atoms with Crippen LogP contribution in [0.25, 0.3) is 10.9 Å². The van der Waals surface area contributed by atoms with Gasteiger partial charge in [0.05, 0.1) is 57.8 Å². The summed E-state index contributed by atoms with van der Waals surface area (Å²) in [6.07, 6.45) is -0.510. The molecule has 3 aromatic rings. The molecule has 11 atom stereocenters. The van der Waals surface area contributed by atoms with Gasteiger partial charge >= 0.3 is 18.0 Å². The van der Waals surface area contributed by atoms with Gasteiger partial charge < -0.3 is 73.3 Å². The highest BCUT2D eigenvalue weighted by Crippen LogP contribution is 2.49. The van der Waals surface area contributed by atoms with Crippen molar-refractivity contribution in [1.82, 2.24) is 30.3 Å². The number of epoxide rings is 1. The number of aromatic nitrogens is 1. The van der Waals surface area contributed by atoms with Crippen molar-refractivity contribution in [2.24, 2.45) is 23.7 Å². The number of aliphatic hydroxyl groups is 1. The zero-order chi connectivity index (χ0) is 70.1. The van der Waals surface area contributed by atoms with Crippen LogP contribution in [-0.2, 0) is 86.3 Å². The molecule has 532 valence electrons. The highest BCUT2D eigenvalue weighted by molar-refractivity contribution is 6.35. The van der Waals surface area contributed by atoms with Crippen LogP contribution in [0.4, 0.5) is 10.5 Å². The molecular formula is C70H102ClN7O18. The summed E-state index contributed by atoms with van der Waals surface area (Å²) in [5.41, 5.74) is 0.752. The Balaban J connectivity index is 0.0000167. The molecule has 6 rings (SSSR count). The van der Waals surface area contributed by atoms with Crippen molar-refractivity contribution in [2.45, 2.75) is 182 Å². The minimum Gasteiger partial charge on any atom is -0.495 e. The first-order valence-corrected chi connectivity index (χ1v) is 32.9. The highest BCUT2D eigenvalue weighted by atomic mass is 35.5. The van der Waals surface area contributed by atoms with Gasteiger partial charge in [-0.3, -0.25) is 38.9 Å². The number of ketones is 2. The van der Waals surface area contributed by atoms with Crippen molar-refractivity contribution in [1.29, 1.82) is 0 Å². The quantitative estimate of drug-likeness (QED) is 0.0231. The number of aryl methyl sites for hydroxylation is 1. The van der Waals surface area contributed by atoms with Crippen molar-refractivity contribution >= 4 is 81.4 Å². The van der Waals surface area contributed by atoms with E-state index in [0.29, 0.717) is 30.9 Å². The lowest BCUT2D eigenvalue weighted by Gasteiger charge is -2.42. The van der Waals surface area contributed by atoms with E-state index in [1.807, 2.05) is 44.3 Å². The largest absolute Gasteiger partial charge is 0.495 e. The number of carboxylic acid groups (broad SMARTS) is 1. The third kappa shape index (κ3) is 21.4. The first kappa shape index (κ1) is 79.4. The fourth-order valence-electron chi connectivity index (χ4n) is 12.1. The van der Waals surface area contributed by atoms with Crippen LogP contribution in [0.3, 0.4) is 0 Å². The van der Waals surface area contributed by atoms with Crippen LogP contribution in [0.5, 0.6) is 5.75 Å². The van der Waals surface area contributed by atoms with Crippen LogP contribution in [0.2, 0.25) is 5.02 Å². The van der Waals surface area contributed by atoms with E-state index in [4.69, 9.17) is 44.8 Å². The summed E-state index contributed by atoms with van der Waals surface area (Å²) in [4.78, 5) is 126. The van der Waals surface area contributed by atoms with Crippen LogP contribution in [0.1, 0.15) is 125 Å². The molecule has 1 aromatic heterocycles. The third-order valence-electron chi connectivity index (χ3n) is 18.2. The molecule has 96 heavy (non-hydrogen) atoms. The number of aliphatic carboxylic acids is 1. The second kappa shape index (κ2) is 36.4. The number of carbonyl (C=O) groups is 9. The molecule has 2 saturated heterocycles. The number of Topliss-reactive ketones (excluding diaryl/α,β-unsaturated/α-hetero) is 2. The smallest absolute Gasteiger partial charge is 0.409 e. The normalized spacial score (nSPS) is 23.4. The van der Waals surface area contributed by atoms with Gasteiger partial charge in [-0.1, -0.05) is 95.6 Å². The zero-order valence-corrected chi connectivity index (χ0v) is 57.9. The van der Waals surface area contributed by atoms with Gasteiger partial charge in [0.2, 0.25) is 23.6 Å². The SMILES string of the molecule is C.CCN(C)Cc1cc2ccccc2n1CCC(=O)C[C@@H](CCC(=O)O)C(=O)NCCOCCOCCC(=O)N[C@H](C(=O)C[C@@H](C)C(=O)N(C)[C@@H](C)C(=O)O[C@H]1CC(=O)N(C)c2cc(cc(OC)c2Cl)C/C(C)=C/C=C/[C@@H](OC)[C@@]2(O)C[C@H](OC(=O)N2)[C@@H](C)[C@@H]2O[C@]12C)C(C)C. The number of rotatable bonds is 32. The van der Waals surface area contributed by atoms with Gasteiger partial charge in [0.15, 0.2) is 11.5 Å². The van der Waals surface area contributed by atoms with Gasteiger partial charge in [0.25, 0.3) is 0 Å². The molecule has 4 bridgehead atoms. The lowest BCUT2D eigenvalue weighted by atomic mass is 9.83. The van der Waals surface area contributed by atoms with Gasteiger partial charge in [-0.05, 0) is 88.3 Å². The summed E-state index contributed by atoms with van der Waals surface area (Å²) in [6, 6.07) is 11.4. The van der Waals surface area contributed by atoms with E-state index < -0.39 is 119 Å². The van der Waals surface area contributed by atoms with Crippen LogP contribution in [0.15, 0.2) is 66.3 Å². The Labute approximate surface area is 569 Å². The number of hydrogen-bond donors (Lipinski definition) is 5. The van der Waals surface area contributed by atoms with Gasteiger partial charge in [-0.2, -0.15) is 0 Å². The number of hydrogen-bond acceptors (Lipinski definition) is 18. The lowest BCUT2D eigenvalue weighted by Crippen LogP contribution is -2.63. The van der Waals surface area contributed by atoms with Crippen LogP contribution in [-0.4, -0.2) is 201 Å². The van der Waals surface area contributed by atoms with E-state index in [2.05, 4.69) is 38.4 Å². The molecule has 26 heteroatoms. The van der Waals surface area contributed by atoms with Crippen LogP contribution in [0, 0.1) is 23.7 Å². The molecular weight excluding hydrogens is 1260 g/mol. The number of likely N-dealkylation sites (N-methyl/N-ethyl adjacent to an activating group) is 1. The van der Waals surface area contributed by atoms with Crippen molar-refractivity contribution in [3.05, 3.63) is 82.5 Å². The molecule has 5 N–H and O–H groups in total. The second-order valence-corrected chi connectivity index (χ2v) is 26.2. The number of halogens is 1. The summed E-state index contributed by atoms with van der Waals surface area (Å²) in [6.45, 7) is 16.3. The predicted octanol–water partition coefficient (Wildman–Crippen LogP) is 7.36. The van der Waals surface area contributed by atoms with Gasteiger partial charge in [0, 0.05) is 108 Å². The van der Waals surface area contributed by atoms with Crippen molar-refractivity contribution < 1.29 is 86.5 Å². The highest BCUT2D eigenvalue weighted by Gasteiger charge is 2.64. The van der Waals surface area contributed by atoms with E-state index in [1.54, 1.807) is 52.0 Å². The molecule has 0 aliphatic carbocycles. The van der Waals surface area contributed by atoms with Gasteiger partial charge in [-0.15, -0.1) is 0 Å². The number of ether oxygens (including phenoxy) is 7. The molecule has 2 fully saturated rings. The van der Waals surface area contributed by atoms with Gasteiger partial charge in [0.1, 0.15) is 46.5 Å². The van der Waals surface area contributed by atoms with Crippen molar-refractivity contribution in [3.8, 4) is 5.75 Å². The number of anilines is 1. The molecule has 0 saturated carbocycles. The maximum absolute atomic E-state index is 14.5. The monoisotopic (exact) mass is 1360 g/mol. The molecule has 0 unspecified atom stereocenters. The van der Waals surface area contributed by atoms with Crippen molar-refractivity contribution in [2.75, 3.05) is 79.8 Å². The molecule has 3 aliphatic rings. The van der Waals surface area contributed by atoms with E-state index >= 15 is 0 Å². The maximum Gasteiger partial charge on any atom is 0.409 e. The molecule has 4 heterocycles. The Bertz CT molecular complexity index is 3280. The summed E-state index contributed by atoms with van der Waals surface area (Å²) in [7, 11) is 7.81. The average molecular weight is 1370 g/mol. The topological polar surface area (TPSA) is 313 Å². The lowest BCUT2D eigenvalue weighted by molar-refractivity contribution is -0.162. The number of para-hydroxylation sites is 1. The number of fused-ring (bicyclic) bond motifs is 6. The maximum atomic E-state index is 14.5. The second-order valence-electron chi connectivity index (χ2n) is 25.8. The molecule has 2 aromatic carbocycles. The Hall–Kier alpha value is -7.26. The number of alkyl carbamates (subject to hydrolysis) is 1. The number of carbonyl (C=O) groups excluding carboxylic acids is 8. The number of amides is 5. The van der Waals surface area contributed by atoms with Crippen LogP contribution < -0.4 is 25.6 Å². The minimum absolute atomic E-state index is 0. The van der Waals surface area contributed by atoms with Crippen molar-refractivity contribution in [3.63, 3.8) is 0 Å². The summed E-state index contributed by atoms with van der Waals surface area (Å²) in [5, 5.41) is 30.6. The average Bonchev–Trinajstić information content (AvgIpc) is 1.57. The molecule has 0 spiro atoms. The van der Waals surface area contributed by atoms with E-state index in [-0.39, 0.29) is 102 Å². The fourth-order valence-corrected chi connectivity index (χ4v) is 12.4. The first-order valence-electron chi connectivity index (χ1n) is 32.6. The Morgan fingerprint density at radius 3 is 2.31 bits per heavy atom. The van der Waals surface area contributed by atoms with E-state index in [9.17, 15) is 53.4 Å². The van der Waals surface area contributed by atoms with E-state index in [1.165, 1.54) is 47.1 Å². The number of nitrogens with one attached hydrogen (secondary N) is 3. The number of benzene rings is 2. The number of methoxy groups -OCH3 is 2. The Kier molecular flexibility index (Phi) is 30.1. The number of carboxylic acids is 1. The third-order valence-corrected chi connectivity index (χ3v) is 18.5. The van der Waals surface area contributed by atoms with Gasteiger partial charge in [-0.25, -0.2) is 9.59 Å². The summed E-state index contributed by atoms with van der Waals surface area (Å²) < 4.78 is 42.9. The standard InChI is InChI=1S/C69H98ClN7O18.CH4/c1-14-74(9)40-49-36-47-19-15-16-20-51(47)77(49)27-24-50(78)37-48(22-23-60(82)83)64(84)71-26-29-92-31-30-91-28-25-58(80)72-62(41(2)3)53(79)33-43(5)65(85)75(10)45(7)66(86)94-57-38-59(81)76(11)52-34-46(35-54(89-12)61(52)70)32-42(4)18-17-21-56(90-13)69(88)39-55(93-67(87)73-69)44(6)63-68(57,8)95-63;/h15-21,34-36,41,43-45,48,55-57,62-63,88H,14,22-33,37-40H2,1-13H3,(H,71,84)(H,72,80)(H,73,87)(H,82,83);1H4/b21-17+,42-18+;/t43-,44-,45+,48-,55+,56-,57+,62+,63+,68-,69+;/m1./s1. The molecule has 0 radical (unpaired) electrons. The fraction of sp³-hybridized carbons (Fsp3) is 0.614. The summed E-state index contributed by atoms with van der Waals surface area (Å²) >= 11 is 6.85. The number of nitrogens with zero attached hydrogens (tertiary/aromatic N) is 4. The molecule has 25 nitrogen and oxygen atoms in total. The van der Waals surface area contributed by atoms with E-state index in [0.717, 1.165) is 39.2 Å². The summed E-state index contributed by atoms with van der Waals surface area (Å²) in [5.74, 6) is -7.01. The number of esters is 1. The number of allylic oxidation sites excluding steroid dienone is 3. The first-order chi connectivity index (χ1) is 44.9. The predicted molar refractivity (Wildman–Crippen MR) is 361 cm³/mol. The Morgan fingerprint density at radius 1 is 0.948 bits per heavy atom. The molecule has 3 aliphatic heterocycles.